The zero-order valence-corrected chi connectivity index (χ0v) is 24.2. The van der Waals surface area contributed by atoms with Gasteiger partial charge in [0.25, 0.3) is 0 Å². The molecule has 216 valence electrons. The molecule has 0 aliphatic heterocycles. The molecule has 0 bridgehead atoms. The van der Waals surface area contributed by atoms with E-state index < -0.39 is 56.8 Å². The van der Waals surface area contributed by atoms with Crippen LogP contribution in [0.3, 0.4) is 0 Å². The summed E-state index contributed by atoms with van der Waals surface area (Å²) in [6, 6.07) is 10.8. The molecular formula is C33H36O8. The Bertz CT molecular complexity index is 1580. The van der Waals surface area contributed by atoms with Gasteiger partial charge in [-0.3, -0.25) is 14.4 Å². The van der Waals surface area contributed by atoms with E-state index in [9.17, 15) is 34.8 Å². The molecule has 0 spiro atoms. The number of ether oxygens (including phenoxy) is 1. The minimum absolute atomic E-state index is 0.000258. The third-order valence-corrected chi connectivity index (χ3v) is 9.44. The Kier molecular flexibility index (Phi) is 6.59. The number of carbonyl (C=O) groups excluding carboxylic acids is 3. The average molecular weight is 561 g/mol. The summed E-state index contributed by atoms with van der Waals surface area (Å²) in [6.07, 6.45) is 0.254. The predicted molar refractivity (Wildman–Crippen MR) is 151 cm³/mol. The van der Waals surface area contributed by atoms with Crippen LogP contribution in [0, 0.1) is 22.7 Å². The van der Waals surface area contributed by atoms with Crippen molar-refractivity contribution in [2.75, 3.05) is 7.11 Å². The first-order chi connectivity index (χ1) is 19.1. The first-order valence-electron chi connectivity index (χ1n) is 13.8. The van der Waals surface area contributed by atoms with Gasteiger partial charge in [-0.2, -0.15) is 0 Å². The van der Waals surface area contributed by atoms with Crippen molar-refractivity contribution in [2.24, 2.45) is 22.7 Å². The van der Waals surface area contributed by atoms with Crippen LogP contribution in [0.2, 0.25) is 0 Å². The van der Waals surface area contributed by atoms with Crippen LogP contribution in [0.4, 0.5) is 0 Å². The summed E-state index contributed by atoms with van der Waals surface area (Å²) in [6.45, 7) is 8.55. The van der Waals surface area contributed by atoms with Gasteiger partial charge in [0.05, 0.1) is 12.2 Å². The van der Waals surface area contributed by atoms with E-state index in [1.807, 2.05) is 38.1 Å². The number of hydrogen-bond acceptors (Lipinski definition) is 8. The van der Waals surface area contributed by atoms with Crippen molar-refractivity contribution in [2.45, 2.75) is 59.7 Å². The second kappa shape index (κ2) is 9.39. The number of methoxy groups -OCH3 is 1. The van der Waals surface area contributed by atoms with Gasteiger partial charge < -0.3 is 25.2 Å². The summed E-state index contributed by atoms with van der Waals surface area (Å²) in [4.78, 5) is 40.5. The molecule has 0 fully saturated rings. The largest absolute Gasteiger partial charge is 0.511 e. The van der Waals surface area contributed by atoms with Crippen LogP contribution in [-0.4, -0.2) is 50.5 Å². The lowest BCUT2D eigenvalue weighted by Crippen LogP contribution is -2.67. The second-order valence-electron chi connectivity index (χ2n) is 12.6. The molecule has 41 heavy (non-hydrogen) atoms. The smallest absolute Gasteiger partial charge is 0.209 e. The van der Waals surface area contributed by atoms with Gasteiger partial charge in [-0.1, -0.05) is 52.0 Å². The van der Waals surface area contributed by atoms with Gasteiger partial charge in [0, 0.05) is 29.4 Å². The molecule has 4 atom stereocenters. The third kappa shape index (κ3) is 3.77. The molecule has 0 saturated carbocycles. The molecule has 8 heteroatoms. The lowest BCUT2D eigenvalue weighted by Gasteiger charge is -2.59. The minimum Gasteiger partial charge on any atom is -0.511 e. The predicted octanol–water partition coefficient (Wildman–Crippen LogP) is 5.16. The maximum absolute atomic E-state index is 14.2. The Labute approximate surface area is 239 Å². The number of aliphatic hydroxyl groups is 3. The number of Topliss-reactive ketones (excluding diaryl/α,β-unsaturated/α-hetero) is 3. The Morgan fingerprint density at radius 3 is 2.39 bits per heavy atom. The summed E-state index contributed by atoms with van der Waals surface area (Å²) < 4.78 is 5.28. The molecule has 0 heterocycles. The highest BCUT2D eigenvalue weighted by Crippen LogP contribution is 2.65. The van der Waals surface area contributed by atoms with Crippen molar-refractivity contribution in [1.29, 1.82) is 0 Å². The number of carbonyl (C=O) groups is 3. The third-order valence-electron chi connectivity index (χ3n) is 9.44. The SMILES string of the molecule is COCc1cccc(-c2ccc(O)c3c2C[C@]2(C)C[C@]4(C)C(C(C)C)C(O)=C(C(C)=O)C(=O)[C@]4(O)C(O)=C2C3=O)c1. The molecule has 2 aromatic carbocycles. The molecule has 5 rings (SSSR count). The Morgan fingerprint density at radius 1 is 1.10 bits per heavy atom. The first-order valence-corrected chi connectivity index (χ1v) is 13.8. The Morgan fingerprint density at radius 2 is 1.78 bits per heavy atom. The number of rotatable bonds is 5. The fraction of sp³-hybridized carbons (Fsp3) is 0.424. The maximum Gasteiger partial charge on any atom is 0.209 e. The minimum atomic E-state index is -2.63. The van der Waals surface area contributed by atoms with Crippen LogP contribution in [0.15, 0.2) is 59.1 Å². The maximum atomic E-state index is 14.2. The van der Waals surface area contributed by atoms with Crippen molar-refractivity contribution in [1.82, 2.24) is 0 Å². The van der Waals surface area contributed by atoms with Crippen LogP contribution in [0.1, 0.15) is 62.5 Å². The summed E-state index contributed by atoms with van der Waals surface area (Å²) in [7, 11) is 1.60. The van der Waals surface area contributed by atoms with Gasteiger partial charge in [0.1, 0.15) is 22.8 Å². The molecule has 0 radical (unpaired) electrons. The van der Waals surface area contributed by atoms with E-state index >= 15 is 0 Å². The molecule has 0 aromatic heterocycles. The van der Waals surface area contributed by atoms with Crippen LogP contribution < -0.4 is 0 Å². The lowest BCUT2D eigenvalue weighted by molar-refractivity contribution is -0.171. The molecule has 8 nitrogen and oxygen atoms in total. The monoisotopic (exact) mass is 560 g/mol. The van der Waals surface area contributed by atoms with Gasteiger partial charge >= 0.3 is 0 Å². The number of allylic oxidation sites excluding steroid dienone is 2. The number of benzene rings is 2. The quantitative estimate of drug-likeness (QED) is 0.368. The van der Waals surface area contributed by atoms with Crippen LogP contribution >= 0.6 is 0 Å². The van der Waals surface area contributed by atoms with E-state index in [0.717, 1.165) is 23.6 Å². The zero-order valence-electron chi connectivity index (χ0n) is 24.2. The summed E-state index contributed by atoms with van der Waals surface area (Å²) >= 11 is 0. The number of hydrogen-bond donors (Lipinski definition) is 4. The zero-order chi connectivity index (χ0) is 30.2. The topological polar surface area (TPSA) is 141 Å². The van der Waals surface area contributed by atoms with Crippen LogP contribution in [-0.2, 0) is 27.4 Å². The van der Waals surface area contributed by atoms with Crippen molar-refractivity contribution < 1.29 is 39.5 Å². The average Bonchev–Trinajstić information content (AvgIpc) is 2.86. The number of phenolic OH excluding ortho intramolecular Hbond substituents is 1. The number of aromatic hydroxyl groups is 1. The Hall–Kier alpha value is -3.75. The van der Waals surface area contributed by atoms with E-state index in [2.05, 4.69) is 0 Å². The second-order valence-corrected chi connectivity index (χ2v) is 12.6. The highest BCUT2D eigenvalue weighted by atomic mass is 16.5. The Balaban J connectivity index is 1.78. The van der Waals surface area contributed by atoms with E-state index in [1.165, 1.54) is 6.07 Å². The molecule has 1 unspecified atom stereocenters. The number of phenols is 1. The highest BCUT2D eigenvalue weighted by Gasteiger charge is 2.71. The van der Waals surface area contributed by atoms with Crippen molar-refractivity contribution in [3.8, 4) is 16.9 Å². The van der Waals surface area contributed by atoms with Crippen LogP contribution in [0.5, 0.6) is 5.75 Å². The summed E-state index contributed by atoms with van der Waals surface area (Å²) in [5, 5.41) is 46.1. The molecule has 3 aliphatic carbocycles. The molecule has 3 aliphatic rings. The van der Waals surface area contributed by atoms with E-state index in [1.54, 1.807) is 27.0 Å². The fourth-order valence-corrected chi connectivity index (χ4v) is 8.00. The normalized spacial score (nSPS) is 29.4. The van der Waals surface area contributed by atoms with E-state index in [0.29, 0.717) is 12.2 Å². The van der Waals surface area contributed by atoms with Crippen LogP contribution in [0.25, 0.3) is 11.1 Å². The summed E-state index contributed by atoms with van der Waals surface area (Å²) in [5.74, 6) is -5.25. The van der Waals surface area contributed by atoms with E-state index in [-0.39, 0.29) is 35.6 Å². The van der Waals surface area contributed by atoms with Crippen molar-refractivity contribution in [3.63, 3.8) is 0 Å². The highest BCUT2D eigenvalue weighted by molar-refractivity contribution is 6.25. The van der Waals surface area contributed by atoms with Crippen molar-refractivity contribution in [3.05, 3.63) is 75.8 Å². The van der Waals surface area contributed by atoms with Gasteiger partial charge in [0.15, 0.2) is 17.2 Å². The first kappa shape index (κ1) is 28.8. The standard InChI is InChI=1S/C33H36O8/c1-16(2)25-27(36)23(17(3)34)29(38)33(40)30(39)26-28(37)24-21(13-31(26,4)15-32(25,33)5)20(10-11-22(24)35)19-9-7-8-18(12-19)14-41-6/h7-12,16,25,35-36,39-40H,13-15H2,1-6H3/t25?,31-,32-,33+/m1/s1. The molecule has 4 N–H and O–H groups in total. The molecule has 2 aromatic rings. The van der Waals surface area contributed by atoms with Gasteiger partial charge in [0.2, 0.25) is 5.78 Å². The lowest BCUT2D eigenvalue weighted by atomic mass is 9.44. The van der Waals surface area contributed by atoms with Crippen molar-refractivity contribution >= 4 is 17.3 Å². The number of fused-ring (bicyclic) bond motifs is 3. The van der Waals surface area contributed by atoms with Gasteiger partial charge in [-0.25, -0.2) is 0 Å². The van der Waals surface area contributed by atoms with Gasteiger partial charge in [-0.05, 0) is 60.1 Å². The molecular weight excluding hydrogens is 524 g/mol. The fourth-order valence-electron chi connectivity index (χ4n) is 8.00. The van der Waals surface area contributed by atoms with Gasteiger partial charge in [-0.15, -0.1) is 0 Å². The summed E-state index contributed by atoms with van der Waals surface area (Å²) in [5.41, 5.74) is -2.82. The van der Waals surface area contributed by atoms with E-state index in [4.69, 9.17) is 4.74 Å². The molecule has 0 amide bonds. The molecule has 0 saturated heterocycles. The number of aliphatic hydroxyl groups excluding tert-OH is 2. The number of ketones is 3.